The van der Waals surface area contributed by atoms with E-state index >= 15 is 0 Å². The first-order valence-electron chi connectivity index (χ1n) is 7.98. The fourth-order valence-corrected chi connectivity index (χ4v) is 2.09. The molecule has 2 atom stereocenters. The summed E-state index contributed by atoms with van der Waals surface area (Å²) in [5.74, 6) is 0. The highest BCUT2D eigenvalue weighted by molar-refractivity contribution is 4.65. The summed E-state index contributed by atoms with van der Waals surface area (Å²) in [5, 5.41) is 12.9. The molecule has 0 bridgehead atoms. The molecule has 0 amide bonds. The third-order valence-electron chi connectivity index (χ3n) is 3.30. The molecule has 20 heavy (non-hydrogen) atoms. The molecule has 120 valence electrons. The lowest BCUT2D eigenvalue weighted by Crippen LogP contribution is -2.32. The van der Waals surface area contributed by atoms with Crippen LogP contribution in [0.15, 0.2) is 0 Å². The molecular weight excluding hydrogens is 258 g/mol. The van der Waals surface area contributed by atoms with Crippen LogP contribution in [-0.4, -0.2) is 63.4 Å². The van der Waals surface area contributed by atoms with Crippen molar-refractivity contribution in [3.8, 4) is 0 Å². The van der Waals surface area contributed by atoms with Gasteiger partial charge in [-0.05, 0) is 32.2 Å². The van der Waals surface area contributed by atoms with Crippen molar-refractivity contribution < 1.29 is 19.3 Å². The Morgan fingerprint density at radius 1 is 1.30 bits per heavy atom. The Morgan fingerprint density at radius 3 is 2.90 bits per heavy atom. The molecule has 0 aromatic heterocycles. The van der Waals surface area contributed by atoms with Crippen molar-refractivity contribution in [1.29, 1.82) is 0 Å². The molecule has 1 heterocycles. The molecule has 0 saturated carbocycles. The van der Waals surface area contributed by atoms with Crippen LogP contribution < -0.4 is 5.32 Å². The lowest BCUT2D eigenvalue weighted by molar-refractivity contribution is -0.0164. The van der Waals surface area contributed by atoms with Crippen molar-refractivity contribution in [3.63, 3.8) is 0 Å². The molecule has 1 fully saturated rings. The summed E-state index contributed by atoms with van der Waals surface area (Å²) >= 11 is 0. The van der Waals surface area contributed by atoms with Crippen LogP contribution in [0, 0.1) is 0 Å². The first-order valence-corrected chi connectivity index (χ1v) is 7.98. The van der Waals surface area contributed by atoms with Crippen LogP contribution in [0.1, 0.15) is 39.0 Å². The molecule has 1 saturated heterocycles. The Kier molecular flexibility index (Phi) is 11.2. The fraction of sp³-hybridized carbons (Fsp3) is 1.00. The van der Waals surface area contributed by atoms with Crippen LogP contribution in [0.3, 0.4) is 0 Å². The summed E-state index contributed by atoms with van der Waals surface area (Å²) in [6, 6.07) is 0. The van der Waals surface area contributed by atoms with Gasteiger partial charge in [-0.25, -0.2) is 0 Å². The average Bonchev–Trinajstić information content (AvgIpc) is 2.95. The minimum atomic E-state index is -0.447. The highest BCUT2D eigenvalue weighted by Crippen LogP contribution is 2.11. The second kappa shape index (κ2) is 12.5. The molecule has 1 rings (SSSR count). The summed E-state index contributed by atoms with van der Waals surface area (Å²) in [5.41, 5.74) is 0. The molecule has 1 aliphatic heterocycles. The maximum Gasteiger partial charge on any atom is 0.0897 e. The van der Waals surface area contributed by atoms with E-state index < -0.39 is 6.10 Å². The van der Waals surface area contributed by atoms with Gasteiger partial charge < -0.3 is 24.6 Å². The first kappa shape index (κ1) is 17.9. The van der Waals surface area contributed by atoms with Crippen LogP contribution >= 0.6 is 0 Å². The molecular formula is C15H31NO4. The van der Waals surface area contributed by atoms with E-state index in [9.17, 15) is 5.11 Å². The van der Waals surface area contributed by atoms with Crippen molar-refractivity contribution >= 4 is 0 Å². The number of rotatable bonds is 13. The van der Waals surface area contributed by atoms with E-state index in [1.807, 2.05) is 0 Å². The summed E-state index contributed by atoms with van der Waals surface area (Å²) in [6.07, 6.45) is 5.27. The number of nitrogens with one attached hydrogen (secondary N) is 1. The predicted octanol–water partition coefficient (Wildman–Crippen LogP) is 1.34. The van der Waals surface area contributed by atoms with Crippen LogP contribution in [-0.2, 0) is 14.2 Å². The van der Waals surface area contributed by atoms with Gasteiger partial charge in [-0.15, -0.1) is 0 Å². The van der Waals surface area contributed by atoms with E-state index in [0.29, 0.717) is 19.8 Å². The topological polar surface area (TPSA) is 60.0 Å². The van der Waals surface area contributed by atoms with Gasteiger partial charge in [-0.1, -0.05) is 13.3 Å². The van der Waals surface area contributed by atoms with E-state index in [4.69, 9.17) is 14.2 Å². The SMILES string of the molecule is CCCCOCCCNCC(O)COCC1CCCO1. The minimum Gasteiger partial charge on any atom is -0.389 e. The molecule has 2 unspecified atom stereocenters. The van der Waals surface area contributed by atoms with Gasteiger partial charge in [0.25, 0.3) is 0 Å². The molecule has 5 nitrogen and oxygen atoms in total. The largest absolute Gasteiger partial charge is 0.389 e. The van der Waals surface area contributed by atoms with Crippen LogP contribution in [0.4, 0.5) is 0 Å². The first-order chi connectivity index (χ1) is 9.83. The number of ether oxygens (including phenoxy) is 3. The van der Waals surface area contributed by atoms with Gasteiger partial charge in [-0.3, -0.25) is 0 Å². The van der Waals surface area contributed by atoms with Gasteiger partial charge in [0.2, 0.25) is 0 Å². The third-order valence-corrected chi connectivity index (χ3v) is 3.30. The van der Waals surface area contributed by atoms with E-state index in [2.05, 4.69) is 12.2 Å². The predicted molar refractivity (Wildman–Crippen MR) is 79.0 cm³/mol. The van der Waals surface area contributed by atoms with Crippen molar-refractivity contribution in [1.82, 2.24) is 5.32 Å². The zero-order valence-corrected chi connectivity index (χ0v) is 12.8. The number of hydrogen-bond donors (Lipinski definition) is 2. The van der Waals surface area contributed by atoms with Gasteiger partial charge in [-0.2, -0.15) is 0 Å². The van der Waals surface area contributed by atoms with Gasteiger partial charge in [0.1, 0.15) is 0 Å². The highest BCUT2D eigenvalue weighted by Gasteiger charge is 2.15. The Balaban J connectivity index is 1.79. The molecule has 2 N–H and O–H groups in total. The van der Waals surface area contributed by atoms with Gasteiger partial charge in [0, 0.05) is 26.4 Å². The maximum atomic E-state index is 9.74. The lowest BCUT2D eigenvalue weighted by atomic mass is 10.2. The molecule has 0 aromatic carbocycles. The van der Waals surface area contributed by atoms with Crippen LogP contribution in [0.5, 0.6) is 0 Å². The minimum absolute atomic E-state index is 0.232. The smallest absolute Gasteiger partial charge is 0.0897 e. The zero-order valence-electron chi connectivity index (χ0n) is 12.8. The van der Waals surface area contributed by atoms with Crippen molar-refractivity contribution in [2.45, 2.75) is 51.2 Å². The molecule has 5 heteroatoms. The normalized spacial score (nSPS) is 20.4. The quantitative estimate of drug-likeness (QED) is 0.501. The van der Waals surface area contributed by atoms with Crippen LogP contribution in [0.2, 0.25) is 0 Å². The van der Waals surface area contributed by atoms with Crippen LogP contribution in [0.25, 0.3) is 0 Å². The molecule has 1 aliphatic rings. The summed E-state index contributed by atoms with van der Waals surface area (Å²) in [4.78, 5) is 0. The summed E-state index contributed by atoms with van der Waals surface area (Å²) in [7, 11) is 0. The van der Waals surface area contributed by atoms with E-state index in [0.717, 1.165) is 52.0 Å². The summed E-state index contributed by atoms with van der Waals surface area (Å²) < 4.78 is 16.4. The van der Waals surface area contributed by atoms with E-state index in [-0.39, 0.29) is 6.10 Å². The fourth-order valence-electron chi connectivity index (χ4n) is 2.09. The second-order valence-corrected chi connectivity index (χ2v) is 5.35. The van der Waals surface area contributed by atoms with Gasteiger partial charge >= 0.3 is 0 Å². The molecule has 0 radical (unpaired) electrons. The molecule has 0 aliphatic carbocycles. The Morgan fingerprint density at radius 2 is 2.15 bits per heavy atom. The molecule has 0 aromatic rings. The Bertz CT molecular complexity index is 210. The number of aliphatic hydroxyl groups is 1. The van der Waals surface area contributed by atoms with E-state index in [1.54, 1.807) is 0 Å². The van der Waals surface area contributed by atoms with Crippen molar-refractivity contribution in [2.75, 3.05) is 46.1 Å². The monoisotopic (exact) mass is 289 g/mol. The number of aliphatic hydroxyl groups excluding tert-OH is 1. The number of hydrogen-bond acceptors (Lipinski definition) is 5. The van der Waals surface area contributed by atoms with Gasteiger partial charge in [0.15, 0.2) is 0 Å². The Labute approximate surface area is 123 Å². The Hall–Kier alpha value is -0.200. The lowest BCUT2D eigenvalue weighted by Gasteiger charge is -2.14. The molecule has 0 spiro atoms. The van der Waals surface area contributed by atoms with Gasteiger partial charge in [0.05, 0.1) is 25.4 Å². The maximum absolute atomic E-state index is 9.74. The second-order valence-electron chi connectivity index (χ2n) is 5.35. The number of unbranched alkanes of at least 4 members (excludes halogenated alkanes) is 1. The van der Waals surface area contributed by atoms with Crippen molar-refractivity contribution in [2.24, 2.45) is 0 Å². The van der Waals surface area contributed by atoms with E-state index in [1.165, 1.54) is 6.42 Å². The standard InChI is InChI=1S/C15H31NO4/c1-2-3-8-18-9-5-7-16-11-14(17)12-19-13-15-6-4-10-20-15/h14-17H,2-13H2,1H3. The average molecular weight is 289 g/mol. The highest BCUT2D eigenvalue weighted by atomic mass is 16.5. The van der Waals surface area contributed by atoms with Crippen molar-refractivity contribution in [3.05, 3.63) is 0 Å². The summed E-state index contributed by atoms with van der Waals surface area (Å²) in [6.45, 7) is 7.07. The zero-order chi connectivity index (χ0) is 14.5. The third kappa shape index (κ3) is 9.66.